The maximum absolute atomic E-state index is 13.0. The standard InChI is InChI=1S/C14H19FN8/c1-21-19-13(18-20-21)10-17-14(16)23-8-6-22(7-9-23)12-4-2-11(15)3-5-12/h2-5H,6-10H2,1H3,(H2,16,17). The van der Waals surface area contributed by atoms with Gasteiger partial charge in [-0.25, -0.2) is 9.38 Å². The van der Waals surface area contributed by atoms with Crippen molar-refractivity contribution in [2.24, 2.45) is 17.8 Å². The topological polar surface area (TPSA) is 88.5 Å². The second-order valence-corrected chi connectivity index (χ2v) is 5.32. The van der Waals surface area contributed by atoms with Gasteiger partial charge in [0.15, 0.2) is 11.8 Å². The Morgan fingerprint density at radius 3 is 2.52 bits per heavy atom. The number of aliphatic imine (C=N–C) groups is 1. The van der Waals surface area contributed by atoms with Crippen LogP contribution in [0.5, 0.6) is 0 Å². The number of tetrazole rings is 1. The quantitative estimate of drug-likeness (QED) is 0.632. The van der Waals surface area contributed by atoms with E-state index < -0.39 is 0 Å². The molecule has 0 radical (unpaired) electrons. The number of aromatic nitrogens is 4. The van der Waals surface area contributed by atoms with Gasteiger partial charge in [-0.2, -0.15) is 4.80 Å². The lowest BCUT2D eigenvalue weighted by molar-refractivity contribution is 0.380. The van der Waals surface area contributed by atoms with Crippen LogP contribution in [0.1, 0.15) is 5.82 Å². The summed E-state index contributed by atoms with van der Waals surface area (Å²) >= 11 is 0. The monoisotopic (exact) mass is 318 g/mol. The summed E-state index contributed by atoms with van der Waals surface area (Å²) in [6.07, 6.45) is 0. The van der Waals surface area contributed by atoms with Gasteiger partial charge in [0, 0.05) is 31.9 Å². The minimum Gasteiger partial charge on any atom is -0.370 e. The van der Waals surface area contributed by atoms with E-state index in [-0.39, 0.29) is 5.82 Å². The molecular formula is C14H19FN8. The summed E-state index contributed by atoms with van der Waals surface area (Å²) in [5.74, 6) is 0.804. The highest BCUT2D eigenvalue weighted by Gasteiger charge is 2.18. The van der Waals surface area contributed by atoms with E-state index in [1.165, 1.54) is 16.9 Å². The first-order valence-corrected chi connectivity index (χ1v) is 7.40. The molecule has 2 heterocycles. The molecule has 1 aliphatic heterocycles. The number of anilines is 1. The molecule has 122 valence electrons. The van der Waals surface area contributed by atoms with Crippen molar-refractivity contribution in [2.45, 2.75) is 6.54 Å². The molecule has 1 aromatic heterocycles. The number of piperazine rings is 1. The summed E-state index contributed by atoms with van der Waals surface area (Å²) in [6, 6.07) is 6.54. The second kappa shape index (κ2) is 6.59. The first kappa shape index (κ1) is 15.2. The zero-order valence-corrected chi connectivity index (χ0v) is 12.9. The molecule has 0 saturated carbocycles. The largest absolute Gasteiger partial charge is 0.370 e. The van der Waals surface area contributed by atoms with Crippen molar-refractivity contribution in [1.82, 2.24) is 25.1 Å². The van der Waals surface area contributed by atoms with Gasteiger partial charge in [-0.05, 0) is 29.5 Å². The number of rotatable bonds is 3. The predicted molar refractivity (Wildman–Crippen MR) is 84.3 cm³/mol. The van der Waals surface area contributed by atoms with E-state index in [1.807, 2.05) is 4.90 Å². The van der Waals surface area contributed by atoms with Crippen molar-refractivity contribution in [1.29, 1.82) is 0 Å². The van der Waals surface area contributed by atoms with Crippen LogP contribution in [0.4, 0.5) is 10.1 Å². The smallest absolute Gasteiger partial charge is 0.196 e. The number of nitrogens with two attached hydrogens (primary N) is 1. The van der Waals surface area contributed by atoms with Crippen LogP contribution in [0.3, 0.4) is 0 Å². The molecule has 9 heteroatoms. The fourth-order valence-electron chi connectivity index (χ4n) is 2.48. The van der Waals surface area contributed by atoms with Crippen molar-refractivity contribution in [2.75, 3.05) is 31.1 Å². The Morgan fingerprint density at radius 2 is 1.91 bits per heavy atom. The molecule has 3 rings (SSSR count). The number of benzene rings is 1. The third-order valence-corrected chi connectivity index (χ3v) is 3.73. The fourth-order valence-corrected chi connectivity index (χ4v) is 2.48. The van der Waals surface area contributed by atoms with E-state index in [1.54, 1.807) is 19.2 Å². The van der Waals surface area contributed by atoms with Crippen molar-refractivity contribution in [3.63, 3.8) is 0 Å². The first-order valence-electron chi connectivity index (χ1n) is 7.40. The number of hydrogen-bond donors (Lipinski definition) is 1. The van der Waals surface area contributed by atoms with Gasteiger partial charge in [0.25, 0.3) is 0 Å². The summed E-state index contributed by atoms with van der Waals surface area (Å²) < 4.78 is 13.0. The zero-order valence-electron chi connectivity index (χ0n) is 12.9. The van der Waals surface area contributed by atoms with Gasteiger partial charge in [0.1, 0.15) is 12.4 Å². The number of hydrogen-bond acceptors (Lipinski definition) is 5. The van der Waals surface area contributed by atoms with Crippen molar-refractivity contribution < 1.29 is 4.39 Å². The van der Waals surface area contributed by atoms with Crippen LogP contribution in [-0.4, -0.2) is 57.2 Å². The Bertz CT molecular complexity index is 672. The summed E-state index contributed by atoms with van der Waals surface area (Å²) in [7, 11) is 1.71. The SMILES string of the molecule is Cn1nnc(CN=C(N)N2CCN(c3ccc(F)cc3)CC2)n1. The maximum Gasteiger partial charge on any atom is 0.196 e. The third kappa shape index (κ3) is 3.74. The van der Waals surface area contributed by atoms with Gasteiger partial charge in [0.2, 0.25) is 0 Å². The lowest BCUT2D eigenvalue weighted by Crippen LogP contribution is -2.51. The molecule has 8 nitrogen and oxygen atoms in total. The molecule has 0 atom stereocenters. The van der Waals surface area contributed by atoms with Gasteiger partial charge in [-0.1, -0.05) is 0 Å². The molecule has 23 heavy (non-hydrogen) atoms. The molecule has 1 saturated heterocycles. The molecule has 0 unspecified atom stereocenters. The Kier molecular flexibility index (Phi) is 4.35. The van der Waals surface area contributed by atoms with Crippen LogP contribution in [-0.2, 0) is 13.6 Å². The number of aryl methyl sites for hydroxylation is 1. The molecule has 0 spiro atoms. The van der Waals surface area contributed by atoms with Gasteiger partial charge < -0.3 is 15.5 Å². The lowest BCUT2D eigenvalue weighted by Gasteiger charge is -2.36. The normalized spacial score (nSPS) is 16.0. The van der Waals surface area contributed by atoms with Crippen molar-refractivity contribution in [3.05, 3.63) is 35.9 Å². The van der Waals surface area contributed by atoms with Gasteiger partial charge in [-0.3, -0.25) is 0 Å². The number of nitrogens with zero attached hydrogens (tertiary/aromatic N) is 7. The average Bonchev–Trinajstić information content (AvgIpc) is 2.99. The number of halogens is 1. The summed E-state index contributed by atoms with van der Waals surface area (Å²) in [6.45, 7) is 3.47. The summed E-state index contributed by atoms with van der Waals surface area (Å²) in [5.41, 5.74) is 7.05. The maximum atomic E-state index is 13.0. The zero-order chi connectivity index (χ0) is 16.2. The molecular weight excluding hydrogens is 299 g/mol. The summed E-state index contributed by atoms with van der Waals surface area (Å²) in [4.78, 5) is 9.93. The fraction of sp³-hybridized carbons (Fsp3) is 0.429. The van der Waals surface area contributed by atoms with E-state index in [2.05, 4.69) is 25.3 Å². The molecule has 1 aromatic carbocycles. The van der Waals surface area contributed by atoms with Crippen LogP contribution in [0.15, 0.2) is 29.3 Å². The van der Waals surface area contributed by atoms with Crippen LogP contribution < -0.4 is 10.6 Å². The van der Waals surface area contributed by atoms with E-state index in [9.17, 15) is 4.39 Å². The molecule has 1 fully saturated rings. The predicted octanol–water partition coefficient (Wildman–Crippen LogP) is -0.0139. The molecule has 1 aliphatic rings. The van der Waals surface area contributed by atoms with Crippen LogP contribution in [0.2, 0.25) is 0 Å². The molecule has 2 N–H and O–H groups in total. The van der Waals surface area contributed by atoms with E-state index in [4.69, 9.17) is 5.73 Å². The Hall–Kier alpha value is -2.71. The van der Waals surface area contributed by atoms with Crippen LogP contribution in [0.25, 0.3) is 0 Å². The van der Waals surface area contributed by atoms with Crippen molar-refractivity contribution in [3.8, 4) is 0 Å². The van der Waals surface area contributed by atoms with E-state index >= 15 is 0 Å². The van der Waals surface area contributed by atoms with E-state index in [0.717, 1.165) is 31.9 Å². The molecule has 0 aliphatic carbocycles. The minimum absolute atomic E-state index is 0.221. The highest BCUT2D eigenvalue weighted by Crippen LogP contribution is 2.16. The second-order valence-electron chi connectivity index (χ2n) is 5.32. The van der Waals surface area contributed by atoms with Gasteiger partial charge in [-0.15, -0.1) is 10.2 Å². The third-order valence-electron chi connectivity index (χ3n) is 3.73. The van der Waals surface area contributed by atoms with Crippen molar-refractivity contribution >= 4 is 11.6 Å². The van der Waals surface area contributed by atoms with E-state index in [0.29, 0.717) is 18.3 Å². The molecule has 2 aromatic rings. The Balaban J connectivity index is 1.54. The van der Waals surface area contributed by atoms with Crippen LogP contribution >= 0.6 is 0 Å². The number of guanidine groups is 1. The van der Waals surface area contributed by atoms with Crippen LogP contribution in [0, 0.1) is 5.82 Å². The Labute approximate surface area is 133 Å². The Morgan fingerprint density at radius 1 is 1.22 bits per heavy atom. The minimum atomic E-state index is -0.221. The van der Waals surface area contributed by atoms with Gasteiger partial charge >= 0.3 is 0 Å². The highest BCUT2D eigenvalue weighted by atomic mass is 19.1. The highest BCUT2D eigenvalue weighted by molar-refractivity contribution is 5.78. The van der Waals surface area contributed by atoms with Gasteiger partial charge in [0.05, 0.1) is 7.05 Å². The molecule has 0 bridgehead atoms. The summed E-state index contributed by atoms with van der Waals surface area (Å²) in [5, 5.41) is 11.7. The lowest BCUT2D eigenvalue weighted by atomic mass is 10.2. The average molecular weight is 318 g/mol. The first-order chi connectivity index (χ1) is 11.1. The molecule has 0 amide bonds.